The summed E-state index contributed by atoms with van der Waals surface area (Å²) in [5.74, 6) is 6.63. The summed E-state index contributed by atoms with van der Waals surface area (Å²) in [4.78, 5) is 3.90. The lowest BCUT2D eigenvalue weighted by molar-refractivity contribution is -0.0832. The fourth-order valence-electron chi connectivity index (χ4n) is 2.40. The summed E-state index contributed by atoms with van der Waals surface area (Å²) in [6.07, 6.45) is 1.12. The minimum Gasteiger partial charge on any atom is -0.466 e. The van der Waals surface area contributed by atoms with E-state index in [1.165, 1.54) is 17.5 Å². The van der Waals surface area contributed by atoms with Crippen molar-refractivity contribution in [2.45, 2.75) is 33.1 Å². The summed E-state index contributed by atoms with van der Waals surface area (Å²) >= 11 is 0. The SMILES string of the molecule is C=CN=CN(N)C(Oc1ccc(-c2ccccc2)cc1)C(O)C(C)(C)C. The van der Waals surface area contributed by atoms with Gasteiger partial charge in [-0.2, -0.15) is 0 Å². The van der Waals surface area contributed by atoms with Gasteiger partial charge in [0.2, 0.25) is 6.23 Å². The molecule has 138 valence electrons. The Bertz CT molecular complexity index is 721. The van der Waals surface area contributed by atoms with Gasteiger partial charge in [-0.3, -0.25) is 5.01 Å². The van der Waals surface area contributed by atoms with Crippen LogP contribution in [0, 0.1) is 5.41 Å². The van der Waals surface area contributed by atoms with Crippen LogP contribution in [0.2, 0.25) is 0 Å². The van der Waals surface area contributed by atoms with Crippen LogP contribution >= 0.6 is 0 Å². The van der Waals surface area contributed by atoms with Crippen LogP contribution in [0.4, 0.5) is 0 Å². The molecule has 0 saturated heterocycles. The van der Waals surface area contributed by atoms with Crippen LogP contribution in [-0.4, -0.2) is 28.8 Å². The van der Waals surface area contributed by atoms with Gasteiger partial charge in [-0.05, 0) is 28.7 Å². The van der Waals surface area contributed by atoms with Crippen LogP contribution in [-0.2, 0) is 0 Å². The first-order valence-corrected chi connectivity index (χ1v) is 8.50. The van der Waals surface area contributed by atoms with Crippen molar-refractivity contribution in [1.82, 2.24) is 5.01 Å². The first-order chi connectivity index (χ1) is 12.3. The Labute approximate surface area is 155 Å². The summed E-state index contributed by atoms with van der Waals surface area (Å²) in [5, 5.41) is 11.9. The summed E-state index contributed by atoms with van der Waals surface area (Å²) in [7, 11) is 0. The smallest absolute Gasteiger partial charge is 0.212 e. The number of aliphatic hydroxyl groups is 1. The predicted octanol–water partition coefficient (Wildman–Crippen LogP) is 3.81. The Morgan fingerprint density at radius 1 is 1.08 bits per heavy atom. The van der Waals surface area contributed by atoms with Gasteiger partial charge in [0.15, 0.2) is 0 Å². The van der Waals surface area contributed by atoms with Gasteiger partial charge < -0.3 is 9.84 Å². The van der Waals surface area contributed by atoms with E-state index in [0.717, 1.165) is 11.1 Å². The number of benzene rings is 2. The molecule has 0 saturated carbocycles. The molecular formula is C21H27N3O2. The van der Waals surface area contributed by atoms with Crippen molar-refractivity contribution in [2.75, 3.05) is 0 Å². The Morgan fingerprint density at radius 3 is 2.19 bits per heavy atom. The summed E-state index contributed by atoms with van der Waals surface area (Å²) in [6, 6.07) is 17.8. The molecule has 2 rings (SSSR count). The zero-order valence-corrected chi connectivity index (χ0v) is 15.5. The molecule has 0 fully saturated rings. The maximum absolute atomic E-state index is 10.7. The van der Waals surface area contributed by atoms with E-state index in [-0.39, 0.29) is 0 Å². The summed E-state index contributed by atoms with van der Waals surface area (Å²) < 4.78 is 5.98. The third-order valence-corrected chi connectivity index (χ3v) is 3.97. The average molecular weight is 353 g/mol. The van der Waals surface area contributed by atoms with Gasteiger partial charge in [0.1, 0.15) is 18.2 Å². The van der Waals surface area contributed by atoms with Gasteiger partial charge in [-0.15, -0.1) is 0 Å². The van der Waals surface area contributed by atoms with Gasteiger partial charge in [-0.25, -0.2) is 10.8 Å². The summed E-state index contributed by atoms with van der Waals surface area (Å²) in [5.41, 5.74) is 1.79. The number of aliphatic imine (C=N–C) groups is 1. The maximum atomic E-state index is 10.7. The lowest BCUT2D eigenvalue weighted by atomic mass is 9.88. The molecule has 2 atom stereocenters. The number of nitrogens with zero attached hydrogens (tertiary/aromatic N) is 2. The molecule has 5 nitrogen and oxygen atoms in total. The second kappa shape index (κ2) is 8.65. The van der Waals surface area contributed by atoms with Crippen LogP contribution in [0.5, 0.6) is 5.75 Å². The molecule has 0 heterocycles. The van der Waals surface area contributed by atoms with Gasteiger partial charge in [0.25, 0.3) is 0 Å². The normalized spacial score (nSPS) is 14.0. The minimum atomic E-state index is -0.836. The van der Waals surface area contributed by atoms with Crippen molar-refractivity contribution >= 4 is 6.34 Å². The van der Waals surface area contributed by atoms with Crippen molar-refractivity contribution in [1.29, 1.82) is 0 Å². The molecule has 0 spiro atoms. The van der Waals surface area contributed by atoms with Crippen LogP contribution in [0.15, 0.2) is 72.4 Å². The third-order valence-electron chi connectivity index (χ3n) is 3.97. The molecule has 0 aromatic heterocycles. The molecule has 2 aromatic rings. The van der Waals surface area contributed by atoms with E-state index in [1.54, 1.807) is 0 Å². The highest BCUT2D eigenvalue weighted by Gasteiger charge is 2.34. The molecule has 2 aromatic carbocycles. The zero-order chi connectivity index (χ0) is 19.2. The number of aliphatic hydroxyl groups excluding tert-OH is 1. The van der Waals surface area contributed by atoms with Gasteiger partial charge >= 0.3 is 0 Å². The Hall–Kier alpha value is -2.63. The third kappa shape index (κ3) is 5.18. The standard InChI is InChI=1S/C21H27N3O2/c1-5-23-15-24(22)20(19(25)21(2,3)4)26-18-13-11-17(12-14-18)16-9-7-6-8-10-16/h5-15,19-20,25H,1,22H2,2-4H3. The molecule has 26 heavy (non-hydrogen) atoms. The highest BCUT2D eigenvalue weighted by Crippen LogP contribution is 2.27. The van der Waals surface area contributed by atoms with E-state index in [2.05, 4.69) is 23.7 Å². The number of ether oxygens (including phenoxy) is 1. The maximum Gasteiger partial charge on any atom is 0.212 e. The molecule has 0 aliphatic carbocycles. The lowest BCUT2D eigenvalue weighted by Gasteiger charge is -2.36. The first kappa shape index (κ1) is 19.7. The quantitative estimate of drug-likeness (QED) is 0.261. The topological polar surface area (TPSA) is 71.1 Å². The molecule has 2 unspecified atom stereocenters. The van der Waals surface area contributed by atoms with Crippen LogP contribution < -0.4 is 10.6 Å². The first-order valence-electron chi connectivity index (χ1n) is 8.50. The lowest BCUT2D eigenvalue weighted by Crippen LogP contribution is -2.54. The van der Waals surface area contributed by atoms with Gasteiger partial charge in [0.05, 0.1) is 0 Å². The highest BCUT2D eigenvalue weighted by atomic mass is 16.5. The van der Waals surface area contributed by atoms with Crippen molar-refractivity contribution in [3.63, 3.8) is 0 Å². The average Bonchev–Trinajstić information content (AvgIpc) is 2.64. The fourth-order valence-corrected chi connectivity index (χ4v) is 2.40. The molecule has 5 heteroatoms. The monoisotopic (exact) mass is 353 g/mol. The number of hydrogen-bond acceptors (Lipinski definition) is 4. The highest BCUT2D eigenvalue weighted by molar-refractivity contribution is 5.64. The van der Waals surface area contributed by atoms with E-state index in [4.69, 9.17) is 10.6 Å². The van der Waals surface area contributed by atoms with E-state index < -0.39 is 17.7 Å². The Balaban J connectivity index is 2.21. The number of hydrogen-bond donors (Lipinski definition) is 2. The van der Waals surface area contributed by atoms with Gasteiger partial charge in [0, 0.05) is 6.20 Å². The minimum absolute atomic E-state index is 0.422. The molecular weight excluding hydrogens is 326 g/mol. The van der Waals surface area contributed by atoms with E-state index in [0.29, 0.717) is 5.75 Å². The number of nitrogens with two attached hydrogens (primary N) is 1. The number of rotatable bonds is 7. The van der Waals surface area contributed by atoms with Gasteiger partial charge in [-0.1, -0.05) is 69.8 Å². The van der Waals surface area contributed by atoms with E-state index in [9.17, 15) is 5.11 Å². The Kier molecular flexibility index (Phi) is 6.55. The van der Waals surface area contributed by atoms with E-state index >= 15 is 0 Å². The second-order valence-electron chi connectivity index (χ2n) is 7.10. The fraction of sp³-hybridized carbons (Fsp3) is 0.286. The zero-order valence-electron chi connectivity index (χ0n) is 15.5. The van der Waals surface area contributed by atoms with Crippen LogP contribution in [0.25, 0.3) is 11.1 Å². The molecule has 0 amide bonds. The molecule has 0 radical (unpaired) electrons. The van der Waals surface area contributed by atoms with Crippen LogP contribution in [0.3, 0.4) is 0 Å². The van der Waals surface area contributed by atoms with Crippen molar-refractivity contribution in [3.05, 3.63) is 67.4 Å². The van der Waals surface area contributed by atoms with Crippen molar-refractivity contribution in [3.8, 4) is 16.9 Å². The molecule has 0 bridgehead atoms. The largest absolute Gasteiger partial charge is 0.466 e. The van der Waals surface area contributed by atoms with Crippen LogP contribution in [0.1, 0.15) is 20.8 Å². The predicted molar refractivity (Wildman–Crippen MR) is 106 cm³/mol. The molecule has 0 aliphatic heterocycles. The Morgan fingerprint density at radius 2 is 1.65 bits per heavy atom. The summed E-state index contributed by atoms with van der Waals surface area (Å²) in [6.45, 7) is 9.29. The van der Waals surface area contributed by atoms with Crippen molar-refractivity contribution < 1.29 is 9.84 Å². The number of hydrazine groups is 1. The van der Waals surface area contributed by atoms with E-state index in [1.807, 2.05) is 63.2 Å². The molecule has 0 aliphatic rings. The van der Waals surface area contributed by atoms with Crippen molar-refractivity contribution in [2.24, 2.45) is 16.3 Å². The second-order valence-corrected chi connectivity index (χ2v) is 7.10. The molecule has 3 N–H and O–H groups in total.